The second-order valence-electron chi connectivity index (χ2n) is 8.27. The van der Waals surface area contributed by atoms with E-state index in [1.165, 1.54) is 11.6 Å². The minimum Gasteiger partial charge on any atom is -0.463 e. The summed E-state index contributed by atoms with van der Waals surface area (Å²) in [4.78, 5) is 27.9. The summed E-state index contributed by atoms with van der Waals surface area (Å²) >= 11 is 0. The van der Waals surface area contributed by atoms with Gasteiger partial charge in [-0.3, -0.25) is 9.00 Å². The van der Waals surface area contributed by atoms with E-state index in [0.717, 1.165) is 81.4 Å². The largest absolute Gasteiger partial charge is 0.463 e. The van der Waals surface area contributed by atoms with Gasteiger partial charge in [0, 0.05) is 73.7 Å². The minimum atomic E-state index is -0.641. The average molecular weight is 464 g/mol. The van der Waals surface area contributed by atoms with Crippen LogP contribution in [0.25, 0.3) is 0 Å². The highest BCUT2D eigenvalue weighted by atomic mass is 32.2. The Bertz CT molecular complexity index is 801. The third-order valence-corrected chi connectivity index (χ3v) is 7.35. The Morgan fingerprint density at radius 2 is 1.84 bits per heavy atom. The fourth-order valence-corrected chi connectivity index (χ4v) is 5.37. The van der Waals surface area contributed by atoms with Crippen molar-refractivity contribution in [1.29, 1.82) is 0 Å². The highest BCUT2D eigenvalue weighted by Crippen LogP contribution is 2.27. The molecule has 8 nitrogen and oxygen atoms in total. The lowest BCUT2D eigenvalue weighted by atomic mass is 10.1. The normalized spacial score (nSPS) is 18.1. The molecule has 9 heteroatoms. The molecule has 2 fully saturated rings. The van der Waals surface area contributed by atoms with Gasteiger partial charge in [-0.25, -0.2) is 0 Å². The number of amides is 1. The Hall–Kier alpha value is -2.00. The Morgan fingerprint density at radius 3 is 2.47 bits per heavy atom. The third kappa shape index (κ3) is 6.51. The van der Waals surface area contributed by atoms with E-state index in [9.17, 15) is 9.00 Å². The minimum absolute atomic E-state index is 0.0145. The molecule has 2 saturated heterocycles. The van der Waals surface area contributed by atoms with Crippen molar-refractivity contribution in [1.82, 2.24) is 19.8 Å². The maximum absolute atomic E-state index is 11.9. The van der Waals surface area contributed by atoms with Gasteiger partial charge in [0.15, 0.2) is 0 Å². The van der Waals surface area contributed by atoms with Crippen LogP contribution in [0.1, 0.15) is 37.9 Å². The third-order valence-electron chi connectivity index (χ3n) is 6.07. The standard InChI is InChI=1S/C23H37N5O3S/c1-4-8-19-20(5-2)24-23(31-16-7-9-26-14-17-32(30)18-15-26)25-22(19)28-12-10-27(11-13-28)21(29)6-3/h6H,3-5,7-18H2,1-2H3. The summed E-state index contributed by atoms with van der Waals surface area (Å²) in [7, 11) is -0.641. The van der Waals surface area contributed by atoms with Crippen molar-refractivity contribution in [3.8, 4) is 6.01 Å². The molecule has 2 aliphatic rings. The average Bonchev–Trinajstić information content (AvgIpc) is 2.83. The van der Waals surface area contributed by atoms with Gasteiger partial charge < -0.3 is 19.4 Å². The number of nitrogens with zero attached hydrogens (tertiary/aromatic N) is 5. The molecule has 1 aromatic heterocycles. The molecule has 1 aromatic rings. The van der Waals surface area contributed by atoms with E-state index >= 15 is 0 Å². The molecular weight excluding hydrogens is 426 g/mol. The summed E-state index contributed by atoms with van der Waals surface area (Å²) < 4.78 is 17.5. The lowest BCUT2D eigenvalue weighted by molar-refractivity contribution is -0.126. The van der Waals surface area contributed by atoms with Crippen LogP contribution in [0.15, 0.2) is 12.7 Å². The highest BCUT2D eigenvalue weighted by molar-refractivity contribution is 7.85. The van der Waals surface area contributed by atoms with E-state index in [2.05, 4.69) is 30.2 Å². The molecule has 2 aliphatic heterocycles. The zero-order valence-electron chi connectivity index (χ0n) is 19.6. The van der Waals surface area contributed by atoms with Crippen molar-refractivity contribution < 1.29 is 13.7 Å². The first-order chi connectivity index (χ1) is 15.5. The van der Waals surface area contributed by atoms with Crippen molar-refractivity contribution in [2.24, 2.45) is 0 Å². The number of hydrogen-bond donors (Lipinski definition) is 0. The first-order valence-electron chi connectivity index (χ1n) is 11.8. The first-order valence-corrected chi connectivity index (χ1v) is 13.3. The quantitative estimate of drug-likeness (QED) is 0.386. The summed E-state index contributed by atoms with van der Waals surface area (Å²) in [5.74, 6) is 2.49. The second kappa shape index (κ2) is 12.3. The van der Waals surface area contributed by atoms with Crippen LogP contribution in [0.2, 0.25) is 0 Å². The number of hydrogen-bond acceptors (Lipinski definition) is 7. The smallest absolute Gasteiger partial charge is 0.318 e. The summed E-state index contributed by atoms with van der Waals surface area (Å²) in [6.07, 6.45) is 5.07. The van der Waals surface area contributed by atoms with Crippen molar-refractivity contribution >= 4 is 22.5 Å². The molecule has 178 valence electrons. The Morgan fingerprint density at radius 1 is 1.12 bits per heavy atom. The van der Waals surface area contributed by atoms with Crippen LogP contribution in [0.4, 0.5) is 5.82 Å². The fourth-order valence-electron chi connectivity index (χ4n) is 4.24. The predicted molar refractivity (Wildman–Crippen MR) is 129 cm³/mol. The molecule has 0 aliphatic carbocycles. The van der Waals surface area contributed by atoms with Gasteiger partial charge in [0.1, 0.15) is 5.82 Å². The monoisotopic (exact) mass is 463 g/mol. The molecule has 0 atom stereocenters. The number of anilines is 1. The lowest BCUT2D eigenvalue weighted by Gasteiger charge is -2.36. The van der Waals surface area contributed by atoms with E-state index in [1.54, 1.807) is 0 Å². The number of carbonyl (C=O) groups is 1. The fraction of sp³-hybridized carbons (Fsp3) is 0.696. The van der Waals surface area contributed by atoms with Gasteiger partial charge in [-0.1, -0.05) is 26.8 Å². The van der Waals surface area contributed by atoms with Crippen molar-refractivity contribution in [3.05, 3.63) is 23.9 Å². The molecule has 1 amide bonds. The molecule has 0 saturated carbocycles. The second-order valence-corrected chi connectivity index (χ2v) is 9.96. The predicted octanol–water partition coefficient (Wildman–Crippen LogP) is 1.66. The summed E-state index contributed by atoms with van der Waals surface area (Å²) in [6, 6.07) is 0.445. The number of piperazine rings is 1. The molecule has 0 spiro atoms. The van der Waals surface area contributed by atoms with Crippen molar-refractivity contribution in [3.63, 3.8) is 0 Å². The van der Waals surface area contributed by atoms with E-state index in [-0.39, 0.29) is 5.91 Å². The maximum atomic E-state index is 11.9. The molecular formula is C23H37N5O3S. The number of ether oxygens (including phenoxy) is 1. The zero-order chi connectivity index (χ0) is 22.9. The number of aromatic nitrogens is 2. The van der Waals surface area contributed by atoms with Gasteiger partial charge in [-0.2, -0.15) is 9.97 Å². The maximum Gasteiger partial charge on any atom is 0.318 e. The first kappa shape index (κ1) is 24.6. The lowest BCUT2D eigenvalue weighted by Crippen LogP contribution is -2.49. The van der Waals surface area contributed by atoms with Gasteiger partial charge in [0.05, 0.1) is 12.3 Å². The van der Waals surface area contributed by atoms with E-state index < -0.39 is 10.8 Å². The SMILES string of the molecule is C=CC(=O)N1CCN(c2nc(OCCCN3CCS(=O)CC3)nc(CC)c2CCC)CC1. The van der Waals surface area contributed by atoms with E-state index in [4.69, 9.17) is 14.7 Å². The molecule has 3 heterocycles. The van der Waals surface area contributed by atoms with Gasteiger partial charge in [0.25, 0.3) is 0 Å². The number of carbonyl (C=O) groups excluding carboxylic acids is 1. The van der Waals surface area contributed by atoms with Crippen molar-refractivity contribution in [2.45, 2.75) is 39.5 Å². The zero-order valence-corrected chi connectivity index (χ0v) is 20.4. The topological polar surface area (TPSA) is 78.9 Å². The van der Waals surface area contributed by atoms with E-state index in [0.29, 0.717) is 25.7 Å². The van der Waals surface area contributed by atoms with Crippen LogP contribution >= 0.6 is 0 Å². The van der Waals surface area contributed by atoms with Crippen LogP contribution in [0.5, 0.6) is 6.01 Å². The Labute approximate surface area is 194 Å². The number of rotatable bonds is 10. The molecule has 0 bridgehead atoms. The van der Waals surface area contributed by atoms with Crippen molar-refractivity contribution in [2.75, 3.05) is 68.8 Å². The van der Waals surface area contributed by atoms with Gasteiger partial charge in [0.2, 0.25) is 5.91 Å². The molecule has 0 N–H and O–H groups in total. The summed E-state index contributed by atoms with van der Waals surface area (Å²) in [5.41, 5.74) is 2.25. The van der Waals surface area contributed by atoms with E-state index in [1.807, 2.05) is 4.90 Å². The highest BCUT2D eigenvalue weighted by Gasteiger charge is 2.24. The van der Waals surface area contributed by atoms with Crippen LogP contribution in [0.3, 0.4) is 0 Å². The van der Waals surface area contributed by atoms with Crippen LogP contribution < -0.4 is 9.64 Å². The summed E-state index contributed by atoms with van der Waals surface area (Å²) in [5, 5.41) is 0. The molecule has 32 heavy (non-hydrogen) atoms. The number of aryl methyl sites for hydroxylation is 1. The van der Waals surface area contributed by atoms with Crippen LogP contribution in [0, 0.1) is 0 Å². The molecule has 0 unspecified atom stereocenters. The van der Waals surface area contributed by atoms with Crippen LogP contribution in [-0.4, -0.2) is 93.8 Å². The molecule has 0 radical (unpaired) electrons. The molecule has 3 rings (SSSR count). The Kier molecular flexibility index (Phi) is 9.47. The van der Waals surface area contributed by atoms with Gasteiger partial charge in [-0.15, -0.1) is 0 Å². The van der Waals surface area contributed by atoms with Gasteiger partial charge in [-0.05, 0) is 25.3 Å². The van der Waals surface area contributed by atoms with Gasteiger partial charge >= 0.3 is 6.01 Å². The molecule has 0 aromatic carbocycles. The Balaban J connectivity index is 1.64. The van der Waals surface area contributed by atoms with Crippen LogP contribution in [-0.2, 0) is 28.4 Å². The summed E-state index contributed by atoms with van der Waals surface area (Å²) in [6.45, 7) is 14.0.